The van der Waals surface area contributed by atoms with E-state index < -0.39 is 10.0 Å². The van der Waals surface area contributed by atoms with Crippen molar-refractivity contribution in [2.45, 2.75) is 24.7 Å². The molecule has 1 aromatic carbocycles. The van der Waals surface area contributed by atoms with Crippen LogP contribution in [0.4, 0.5) is 5.69 Å². The Bertz CT molecular complexity index is 670. The van der Waals surface area contributed by atoms with Crippen molar-refractivity contribution in [3.63, 3.8) is 0 Å². The summed E-state index contributed by atoms with van der Waals surface area (Å²) in [6, 6.07) is 4.39. The average molecular weight is 311 g/mol. The number of amides is 2. The van der Waals surface area contributed by atoms with Crippen LogP contribution in [-0.4, -0.2) is 33.3 Å². The van der Waals surface area contributed by atoms with Gasteiger partial charge in [0.2, 0.25) is 21.8 Å². The first-order valence-electron chi connectivity index (χ1n) is 6.61. The molecule has 1 aliphatic rings. The lowest BCUT2D eigenvalue weighted by molar-refractivity contribution is -0.120. The maximum atomic E-state index is 12.1. The Morgan fingerprint density at radius 3 is 2.86 bits per heavy atom. The minimum atomic E-state index is -3.77. The summed E-state index contributed by atoms with van der Waals surface area (Å²) in [5.41, 5.74) is 1.26. The van der Waals surface area contributed by atoms with Crippen molar-refractivity contribution in [2.24, 2.45) is 0 Å². The van der Waals surface area contributed by atoms with E-state index in [9.17, 15) is 18.0 Å². The van der Waals surface area contributed by atoms with Gasteiger partial charge in [-0.05, 0) is 30.2 Å². The molecule has 1 aliphatic heterocycles. The highest BCUT2D eigenvalue weighted by atomic mass is 32.2. The van der Waals surface area contributed by atoms with Gasteiger partial charge in [0, 0.05) is 12.2 Å². The van der Waals surface area contributed by atoms with Gasteiger partial charge in [-0.15, -0.1) is 0 Å². The van der Waals surface area contributed by atoms with Crippen LogP contribution in [0.2, 0.25) is 0 Å². The molecule has 2 rings (SSSR count). The number of hydrogen-bond donors (Lipinski definition) is 3. The highest BCUT2D eigenvalue weighted by Crippen LogP contribution is 2.25. The smallest absolute Gasteiger partial charge is 0.241 e. The number of carbonyl (C=O) groups excluding carboxylic acids is 2. The molecule has 7 nitrogen and oxygen atoms in total. The topological polar surface area (TPSA) is 104 Å². The van der Waals surface area contributed by atoms with Crippen LogP contribution in [0.15, 0.2) is 23.1 Å². The number of benzene rings is 1. The SMILES string of the molecule is CCCNC(=O)CNS(=O)(=O)c1ccc2c(c1)CC(=O)N2. The largest absolute Gasteiger partial charge is 0.355 e. The van der Waals surface area contributed by atoms with Crippen molar-refractivity contribution in [3.8, 4) is 0 Å². The van der Waals surface area contributed by atoms with E-state index in [-0.39, 0.29) is 29.7 Å². The fourth-order valence-electron chi connectivity index (χ4n) is 1.94. The molecule has 2 amide bonds. The van der Waals surface area contributed by atoms with Crippen molar-refractivity contribution >= 4 is 27.5 Å². The molecule has 0 unspecified atom stereocenters. The Labute approximate surface area is 123 Å². The second-order valence-corrected chi connectivity index (χ2v) is 6.49. The normalized spacial score (nSPS) is 13.7. The third kappa shape index (κ3) is 3.79. The number of hydrogen-bond acceptors (Lipinski definition) is 4. The van der Waals surface area contributed by atoms with E-state index in [1.54, 1.807) is 6.07 Å². The molecule has 8 heteroatoms. The van der Waals surface area contributed by atoms with Gasteiger partial charge in [0.15, 0.2) is 0 Å². The van der Waals surface area contributed by atoms with E-state index >= 15 is 0 Å². The molecule has 114 valence electrons. The van der Waals surface area contributed by atoms with Crippen LogP contribution >= 0.6 is 0 Å². The number of fused-ring (bicyclic) bond motifs is 1. The molecule has 0 spiro atoms. The quantitative estimate of drug-likeness (QED) is 0.687. The first-order valence-corrected chi connectivity index (χ1v) is 8.10. The molecule has 21 heavy (non-hydrogen) atoms. The molecule has 0 saturated carbocycles. The summed E-state index contributed by atoms with van der Waals surface area (Å²) in [4.78, 5) is 22.7. The van der Waals surface area contributed by atoms with E-state index in [0.29, 0.717) is 17.8 Å². The molecule has 0 fully saturated rings. The van der Waals surface area contributed by atoms with Gasteiger partial charge in [0.25, 0.3) is 0 Å². The summed E-state index contributed by atoms with van der Waals surface area (Å²) in [6.07, 6.45) is 0.944. The summed E-state index contributed by atoms with van der Waals surface area (Å²) >= 11 is 0. The third-order valence-electron chi connectivity index (χ3n) is 3.01. The molecular weight excluding hydrogens is 294 g/mol. The number of carbonyl (C=O) groups is 2. The predicted octanol–water partition coefficient (Wildman–Crippen LogP) is -0.0143. The number of nitrogens with one attached hydrogen (secondary N) is 3. The number of sulfonamides is 1. The van der Waals surface area contributed by atoms with Crippen LogP contribution in [0.25, 0.3) is 0 Å². The van der Waals surface area contributed by atoms with Gasteiger partial charge in [-0.2, -0.15) is 0 Å². The van der Waals surface area contributed by atoms with Crippen LogP contribution < -0.4 is 15.4 Å². The van der Waals surface area contributed by atoms with Crippen LogP contribution in [0.3, 0.4) is 0 Å². The second kappa shape index (κ2) is 6.23. The average Bonchev–Trinajstić information content (AvgIpc) is 2.82. The molecule has 3 N–H and O–H groups in total. The molecule has 1 heterocycles. The fraction of sp³-hybridized carbons (Fsp3) is 0.385. The Hall–Kier alpha value is -1.93. The minimum absolute atomic E-state index is 0.0426. The van der Waals surface area contributed by atoms with Crippen LogP contribution in [0, 0.1) is 0 Å². The summed E-state index contributed by atoms with van der Waals surface area (Å²) in [5.74, 6) is -0.537. The van der Waals surface area contributed by atoms with E-state index in [1.165, 1.54) is 12.1 Å². The Morgan fingerprint density at radius 2 is 2.14 bits per heavy atom. The van der Waals surface area contributed by atoms with Crippen molar-refractivity contribution in [1.29, 1.82) is 0 Å². The lowest BCUT2D eigenvalue weighted by Gasteiger charge is -2.08. The fourth-order valence-corrected chi connectivity index (χ4v) is 2.98. The Kier molecular flexibility index (Phi) is 4.59. The zero-order valence-electron chi connectivity index (χ0n) is 11.6. The standard InChI is InChI=1S/C13H17N3O4S/c1-2-5-14-13(18)8-15-21(19,20)10-3-4-11-9(6-10)7-12(17)16-11/h3-4,6,15H,2,5,7-8H2,1H3,(H,14,18)(H,16,17). The van der Waals surface area contributed by atoms with Gasteiger partial charge in [-0.1, -0.05) is 6.92 Å². The molecule has 0 aromatic heterocycles. The highest BCUT2D eigenvalue weighted by molar-refractivity contribution is 7.89. The third-order valence-corrected chi connectivity index (χ3v) is 4.41. The van der Waals surface area contributed by atoms with Crippen LogP contribution in [0.1, 0.15) is 18.9 Å². The molecule has 0 bridgehead atoms. The zero-order valence-corrected chi connectivity index (χ0v) is 12.4. The first kappa shape index (κ1) is 15.5. The molecule has 0 aliphatic carbocycles. The van der Waals surface area contributed by atoms with Crippen LogP contribution in [0.5, 0.6) is 0 Å². The van der Waals surface area contributed by atoms with Crippen molar-refractivity contribution < 1.29 is 18.0 Å². The molecule has 1 aromatic rings. The van der Waals surface area contributed by atoms with Gasteiger partial charge in [0.05, 0.1) is 17.9 Å². The maximum absolute atomic E-state index is 12.1. The monoisotopic (exact) mass is 311 g/mol. The molecule has 0 radical (unpaired) electrons. The Morgan fingerprint density at radius 1 is 1.38 bits per heavy atom. The zero-order chi connectivity index (χ0) is 15.5. The van der Waals surface area contributed by atoms with E-state index in [1.807, 2.05) is 6.92 Å². The van der Waals surface area contributed by atoms with Crippen molar-refractivity contribution in [1.82, 2.24) is 10.0 Å². The maximum Gasteiger partial charge on any atom is 0.241 e. The van der Waals surface area contributed by atoms with Crippen molar-refractivity contribution in [3.05, 3.63) is 23.8 Å². The van der Waals surface area contributed by atoms with Gasteiger partial charge in [-0.25, -0.2) is 13.1 Å². The molecule has 0 saturated heterocycles. The molecular formula is C13H17N3O4S. The number of anilines is 1. The summed E-state index contributed by atoms with van der Waals surface area (Å²) in [6.45, 7) is 2.11. The summed E-state index contributed by atoms with van der Waals surface area (Å²) in [5, 5.41) is 5.21. The Balaban J connectivity index is 2.05. The van der Waals surface area contributed by atoms with E-state index in [2.05, 4.69) is 15.4 Å². The summed E-state index contributed by atoms with van der Waals surface area (Å²) < 4.78 is 26.4. The first-order chi connectivity index (χ1) is 9.92. The summed E-state index contributed by atoms with van der Waals surface area (Å²) in [7, 11) is -3.77. The van der Waals surface area contributed by atoms with E-state index in [4.69, 9.17) is 0 Å². The van der Waals surface area contributed by atoms with Crippen molar-refractivity contribution in [2.75, 3.05) is 18.4 Å². The lowest BCUT2D eigenvalue weighted by Crippen LogP contribution is -2.37. The number of rotatable bonds is 6. The van der Waals surface area contributed by atoms with Crippen LogP contribution in [-0.2, 0) is 26.0 Å². The van der Waals surface area contributed by atoms with E-state index in [0.717, 1.165) is 6.42 Å². The minimum Gasteiger partial charge on any atom is -0.355 e. The van der Waals surface area contributed by atoms with Gasteiger partial charge in [0.1, 0.15) is 0 Å². The lowest BCUT2D eigenvalue weighted by atomic mass is 10.2. The van der Waals surface area contributed by atoms with Gasteiger partial charge in [-0.3, -0.25) is 9.59 Å². The van der Waals surface area contributed by atoms with Gasteiger partial charge >= 0.3 is 0 Å². The molecule has 0 atom stereocenters. The highest BCUT2D eigenvalue weighted by Gasteiger charge is 2.22. The van der Waals surface area contributed by atoms with Gasteiger partial charge < -0.3 is 10.6 Å². The second-order valence-electron chi connectivity index (χ2n) is 4.72. The predicted molar refractivity (Wildman–Crippen MR) is 77.3 cm³/mol.